The highest BCUT2D eigenvalue weighted by molar-refractivity contribution is 6.04. The quantitative estimate of drug-likeness (QED) is 0.599. The molecule has 9 nitrogen and oxygen atoms in total. The summed E-state index contributed by atoms with van der Waals surface area (Å²) in [5, 5.41) is 3.19. The molecule has 1 aromatic heterocycles. The van der Waals surface area contributed by atoms with Gasteiger partial charge >= 0.3 is 0 Å². The van der Waals surface area contributed by atoms with E-state index in [0.717, 1.165) is 50.6 Å². The minimum Gasteiger partial charge on any atom is -0.496 e. The van der Waals surface area contributed by atoms with E-state index in [1.54, 1.807) is 6.07 Å². The van der Waals surface area contributed by atoms with Crippen molar-refractivity contribution < 1.29 is 18.7 Å². The maximum Gasteiger partial charge on any atom is 0.291 e. The summed E-state index contributed by atoms with van der Waals surface area (Å²) in [4.78, 5) is 32.8. The van der Waals surface area contributed by atoms with Gasteiger partial charge in [0.15, 0.2) is 16.8 Å². The van der Waals surface area contributed by atoms with E-state index in [1.807, 2.05) is 30.3 Å². The molecule has 3 heterocycles. The Morgan fingerprint density at radius 1 is 0.943 bits per heavy atom. The molecule has 1 N–H and O–H groups in total. The molecule has 0 radical (unpaired) electrons. The molecule has 2 aromatic carbocycles. The maximum atomic E-state index is 13.1. The minimum absolute atomic E-state index is 0.0385. The molecule has 1 amide bonds. The standard InChI is InChI=1S/C26H30N4O5/c1-28-9-11-30(12-10-28)20-7-8-22(33-2)24-21(31)17-23(35-25(20)24)26(32)27-18-3-5-19(6-4-18)29-13-15-34-16-14-29/h3-8,17H,9-16H2,1-2H3,(H,27,32). The molecule has 0 bridgehead atoms. The average molecular weight is 479 g/mol. The summed E-state index contributed by atoms with van der Waals surface area (Å²) in [6, 6.07) is 12.5. The van der Waals surface area contributed by atoms with Crippen LogP contribution in [0.3, 0.4) is 0 Å². The lowest BCUT2D eigenvalue weighted by Gasteiger charge is -2.34. The van der Waals surface area contributed by atoms with Gasteiger partial charge in [-0.1, -0.05) is 0 Å². The Labute approximate surface area is 203 Å². The van der Waals surface area contributed by atoms with Gasteiger partial charge in [0, 0.05) is 56.7 Å². The van der Waals surface area contributed by atoms with Crippen LogP contribution in [-0.2, 0) is 4.74 Å². The van der Waals surface area contributed by atoms with Gasteiger partial charge in [-0.15, -0.1) is 0 Å². The molecule has 3 aromatic rings. The number of anilines is 3. The molecule has 0 saturated carbocycles. The number of amides is 1. The van der Waals surface area contributed by atoms with E-state index >= 15 is 0 Å². The highest BCUT2D eigenvalue weighted by atomic mass is 16.5. The van der Waals surface area contributed by atoms with Gasteiger partial charge in [-0.3, -0.25) is 9.59 Å². The van der Waals surface area contributed by atoms with Crippen molar-refractivity contribution in [3.05, 3.63) is 58.4 Å². The maximum absolute atomic E-state index is 13.1. The first kappa shape index (κ1) is 23.2. The van der Waals surface area contributed by atoms with Gasteiger partial charge in [-0.05, 0) is 43.4 Å². The molecule has 2 aliphatic rings. The van der Waals surface area contributed by atoms with Crippen molar-refractivity contribution in [3.63, 3.8) is 0 Å². The fraction of sp³-hybridized carbons (Fsp3) is 0.385. The first-order valence-electron chi connectivity index (χ1n) is 11.9. The van der Waals surface area contributed by atoms with Gasteiger partial charge in [0.2, 0.25) is 0 Å². The molecular weight excluding hydrogens is 448 g/mol. The predicted octanol–water partition coefficient (Wildman–Crippen LogP) is 2.64. The number of morpholine rings is 1. The number of piperazine rings is 1. The number of carbonyl (C=O) groups excluding carboxylic acids is 1. The van der Waals surface area contributed by atoms with Crippen molar-refractivity contribution in [2.75, 3.05) is 81.8 Å². The van der Waals surface area contributed by atoms with E-state index < -0.39 is 5.91 Å². The summed E-state index contributed by atoms with van der Waals surface area (Å²) in [5.41, 5.74) is 2.55. The van der Waals surface area contributed by atoms with Crippen LogP contribution in [0.5, 0.6) is 5.75 Å². The van der Waals surface area contributed by atoms with Crippen LogP contribution in [0, 0.1) is 0 Å². The van der Waals surface area contributed by atoms with Crippen LogP contribution < -0.4 is 25.3 Å². The Kier molecular flexibility index (Phi) is 6.61. The molecule has 0 unspecified atom stereocenters. The van der Waals surface area contributed by atoms with Crippen molar-refractivity contribution in [3.8, 4) is 5.75 Å². The number of nitrogens with one attached hydrogen (secondary N) is 1. The molecule has 0 aliphatic carbocycles. The number of hydrogen-bond acceptors (Lipinski definition) is 8. The fourth-order valence-corrected chi connectivity index (χ4v) is 4.57. The molecule has 5 rings (SSSR count). The monoisotopic (exact) mass is 478 g/mol. The van der Waals surface area contributed by atoms with Crippen molar-refractivity contribution in [2.24, 2.45) is 0 Å². The number of rotatable bonds is 5. The molecule has 2 fully saturated rings. The van der Waals surface area contributed by atoms with Gasteiger partial charge in [0.05, 0.1) is 26.0 Å². The summed E-state index contributed by atoms with van der Waals surface area (Å²) in [5.74, 6) is -0.0871. The number of likely N-dealkylation sites (N-methyl/N-ethyl adjacent to an activating group) is 1. The summed E-state index contributed by atoms with van der Waals surface area (Å²) in [7, 11) is 3.60. The van der Waals surface area contributed by atoms with Crippen molar-refractivity contribution in [1.82, 2.24) is 4.90 Å². The highest BCUT2D eigenvalue weighted by Crippen LogP contribution is 2.33. The van der Waals surface area contributed by atoms with Crippen LogP contribution in [0.4, 0.5) is 17.1 Å². The molecular formula is C26H30N4O5. The second-order valence-electron chi connectivity index (χ2n) is 8.86. The van der Waals surface area contributed by atoms with E-state index in [2.05, 4.69) is 27.1 Å². The van der Waals surface area contributed by atoms with E-state index in [4.69, 9.17) is 13.9 Å². The Morgan fingerprint density at radius 2 is 1.66 bits per heavy atom. The summed E-state index contributed by atoms with van der Waals surface area (Å²) < 4.78 is 16.9. The zero-order valence-electron chi connectivity index (χ0n) is 20.1. The van der Waals surface area contributed by atoms with Gasteiger partial charge in [-0.25, -0.2) is 0 Å². The molecule has 9 heteroatoms. The smallest absolute Gasteiger partial charge is 0.291 e. The Balaban J connectivity index is 1.43. The van der Waals surface area contributed by atoms with Crippen LogP contribution in [-0.4, -0.2) is 77.4 Å². The second-order valence-corrected chi connectivity index (χ2v) is 8.86. The van der Waals surface area contributed by atoms with Crippen molar-refractivity contribution in [1.29, 1.82) is 0 Å². The summed E-state index contributed by atoms with van der Waals surface area (Å²) in [6.45, 7) is 6.50. The lowest BCUT2D eigenvalue weighted by Crippen LogP contribution is -2.44. The van der Waals surface area contributed by atoms with Gasteiger partial charge in [-0.2, -0.15) is 0 Å². The summed E-state index contributed by atoms with van der Waals surface area (Å²) in [6.07, 6.45) is 0. The fourth-order valence-electron chi connectivity index (χ4n) is 4.57. The second kappa shape index (κ2) is 9.97. The SMILES string of the molecule is COc1ccc(N2CCN(C)CC2)c2oc(C(=O)Nc3ccc(N4CCOCC4)cc3)cc(=O)c12. The van der Waals surface area contributed by atoms with Crippen LogP contribution in [0.1, 0.15) is 10.6 Å². The molecule has 0 atom stereocenters. The highest BCUT2D eigenvalue weighted by Gasteiger charge is 2.23. The van der Waals surface area contributed by atoms with Crippen LogP contribution in [0.15, 0.2) is 51.7 Å². The number of methoxy groups -OCH3 is 1. The molecule has 2 aliphatic heterocycles. The third kappa shape index (κ3) is 4.82. The van der Waals surface area contributed by atoms with E-state index in [9.17, 15) is 9.59 Å². The first-order chi connectivity index (χ1) is 17.0. The lowest BCUT2D eigenvalue weighted by molar-refractivity contribution is 0.0997. The zero-order valence-corrected chi connectivity index (χ0v) is 20.1. The number of carbonyl (C=O) groups is 1. The third-order valence-electron chi connectivity index (χ3n) is 6.61. The van der Waals surface area contributed by atoms with Crippen LogP contribution >= 0.6 is 0 Å². The normalized spacial score (nSPS) is 17.0. The molecule has 0 spiro atoms. The van der Waals surface area contributed by atoms with Crippen LogP contribution in [0.2, 0.25) is 0 Å². The average Bonchev–Trinajstić information content (AvgIpc) is 2.89. The van der Waals surface area contributed by atoms with Crippen molar-refractivity contribution in [2.45, 2.75) is 0 Å². The van der Waals surface area contributed by atoms with Gasteiger partial charge in [0.1, 0.15) is 11.1 Å². The third-order valence-corrected chi connectivity index (χ3v) is 6.61. The number of ether oxygens (including phenoxy) is 2. The Morgan fingerprint density at radius 3 is 2.34 bits per heavy atom. The molecule has 184 valence electrons. The van der Waals surface area contributed by atoms with Gasteiger partial charge < -0.3 is 33.9 Å². The van der Waals surface area contributed by atoms with E-state index in [1.165, 1.54) is 13.2 Å². The molecule has 2 saturated heterocycles. The first-order valence-corrected chi connectivity index (χ1v) is 11.9. The predicted molar refractivity (Wildman–Crippen MR) is 136 cm³/mol. The number of nitrogens with zero attached hydrogens (tertiary/aromatic N) is 3. The van der Waals surface area contributed by atoms with Crippen LogP contribution in [0.25, 0.3) is 11.0 Å². The zero-order chi connectivity index (χ0) is 24.4. The lowest BCUT2D eigenvalue weighted by atomic mass is 10.1. The number of benzene rings is 2. The number of fused-ring (bicyclic) bond motifs is 1. The number of hydrogen-bond donors (Lipinski definition) is 1. The Hall–Kier alpha value is -3.56. The molecule has 35 heavy (non-hydrogen) atoms. The largest absolute Gasteiger partial charge is 0.496 e. The Bertz CT molecular complexity index is 1260. The summed E-state index contributed by atoms with van der Waals surface area (Å²) >= 11 is 0. The van der Waals surface area contributed by atoms with E-state index in [0.29, 0.717) is 35.6 Å². The van der Waals surface area contributed by atoms with E-state index in [-0.39, 0.29) is 11.2 Å². The van der Waals surface area contributed by atoms with Gasteiger partial charge in [0.25, 0.3) is 5.91 Å². The topological polar surface area (TPSA) is 87.5 Å². The minimum atomic E-state index is -0.477. The van der Waals surface area contributed by atoms with Crippen molar-refractivity contribution >= 4 is 33.9 Å².